The van der Waals surface area contributed by atoms with Crippen molar-refractivity contribution in [2.24, 2.45) is 0 Å². The summed E-state index contributed by atoms with van der Waals surface area (Å²) in [6.07, 6.45) is 0. The van der Waals surface area contributed by atoms with Crippen molar-refractivity contribution in [3.8, 4) is 5.69 Å². The van der Waals surface area contributed by atoms with E-state index in [1.54, 1.807) is 11.5 Å². The number of carbonyl (C=O) groups is 2. The zero-order valence-corrected chi connectivity index (χ0v) is 21.9. The maximum Gasteiger partial charge on any atom is 0.256 e. The molecule has 0 saturated heterocycles. The van der Waals surface area contributed by atoms with Crippen molar-refractivity contribution in [2.45, 2.75) is 18.6 Å². The Balaban J connectivity index is 1.52. The van der Waals surface area contributed by atoms with Crippen molar-refractivity contribution >= 4 is 67.6 Å². The minimum atomic E-state index is -0.725. The van der Waals surface area contributed by atoms with Crippen LogP contribution in [0.15, 0.2) is 52.1 Å². The predicted octanol–water partition coefficient (Wildman–Crippen LogP) is 4.64. The van der Waals surface area contributed by atoms with Gasteiger partial charge < -0.3 is 5.32 Å². The number of thioether (sulfide) groups is 1. The standard InChI is InChI=1S/C21H16BrClFN7O2S2/c1-11-27-29-20(35-11)26-17(32)10-34-21-30-28-16(31(21)13-7-5-12(22)6-8-13)9-25-19(33)18-14(23)3-2-4-15(18)24/h2-8H,9-10H2,1H3,(H,25,33)(H,26,29,32). The number of carbonyl (C=O) groups excluding carboxylic acids is 2. The number of amides is 2. The summed E-state index contributed by atoms with van der Waals surface area (Å²) in [5, 5.41) is 23.0. The van der Waals surface area contributed by atoms with E-state index in [-0.39, 0.29) is 28.8 Å². The largest absolute Gasteiger partial charge is 0.345 e. The number of rotatable bonds is 8. The highest BCUT2D eigenvalue weighted by atomic mass is 79.9. The second-order valence-corrected chi connectivity index (χ2v) is 10.4. The lowest BCUT2D eigenvalue weighted by Crippen LogP contribution is -2.26. The van der Waals surface area contributed by atoms with Gasteiger partial charge in [-0.15, -0.1) is 20.4 Å². The molecule has 14 heteroatoms. The first kappa shape index (κ1) is 25.2. The number of nitrogens with one attached hydrogen (secondary N) is 2. The Kier molecular flexibility index (Phi) is 8.11. The van der Waals surface area contributed by atoms with Gasteiger partial charge in [0.2, 0.25) is 11.0 Å². The molecule has 0 aliphatic carbocycles. The summed E-state index contributed by atoms with van der Waals surface area (Å²) in [4.78, 5) is 25.0. The van der Waals surface area contributed by atoms with Gasteiger partial charge in [-0.1, -0.05) is 56.7 Å². The Morgan fingerprint density at radius 3 is 2.60 bits per heavy atom. The van der Waals surface area contributed by atoms with Crippen molar-refractivity contribution in [1.82, 2.24) is 30.3 Å². The molecule has 2 aromatic heterocycles. The molecular formula is C21H16BrClFN7O2S2. The van der Waals surface area contributed by atoms with E-state index >= 15 is 0 Å². The van der Waals surface area contributed by atoms with Crippen LogP contribution in [-0.2, 0) is 11.3 Å². The number of benzene rings is 2. The second-order valence-electron chi connectivity index (χ2n) is 6.95. The maximum atomic E-state index is 14.1. The van der Waals surface area contributed by atoms with Gasteiger partial charge in [0.15, 0.2) is 11.0 Å². The number of hydrogen-bond acceptors (Lipinski definition) is 8. The Morgan fingerprint density at radius 2 is 1.91 bits per heavy atom. The minimum Gasteiger partial charge on any atom is -0.345 e. The Hall–Kier alpha value is -2.87. The average Bonchev–Trinajstić information content (AvgIpc) is 3.42. The first-order chi connectivity index (χ1) is 16.8. The molecule has 4 aromatic rings. The van der Waals surface area contributed by atoms with Gasteiger partial charge in [0.25, 0.3) is 5.91 Å². The number of aryl methyl sites for hydroxylation is 1. The van der Waals surface area contributed by atoms with E-state index in [4.69, 9.17) is 11.6 Å². The third-order valence-corrected chi connectivity index (χ3v) is 7.01. The number of anilines is 1. The van der Waals surface area contributed by atoms with Gasteiger partial charge >= 0.3 is 0 Å². The number of hydrogen-bond donors (Lipinski definition) is 2. The van der Waals surface area contributed by atoms with Crippen molar-refractivity contribution < 1.29 is 14.0 Å². The lowest BCUT2D eigenvalue weighted by molar-refractivity contribution is -0.113. The monoisotopic (exact) mass is 595 g/mol. The zero-order valence-electron chi connectivity index (χ0n) is 18.0. The van der Waals surface area contributed by atoms with Gasteiger partial charge in [-0.05, 0) is 43.3 Å². The van der Waals surface area contributed by atoms with Crippen LogP contribution in [0.3, 0.4) is 0 Å². The molecule has 0 fully saturated rings. The van der Waals surface area contributed by atoms with E-state index in [1.165, 1.54) is 23.5 Å². The van der Waals surface area contributed by atoms with E-state index in [0.717, 1.165) is 27.3 Å². The van der Waals surface area contributed by atoms with Gasteiger partial charge in [0, 0.05) is 10.2 Å². The highest BCUT2D eigenvalue weighted by Crippen LogP contribution is 2.25. The first-order valence-electron chi connectivity index (χ1n) is 9.97. The van der Waals surface area contributed by atoms with Crippen molar-refractivity contribution in [3.63, 3.8) is 0 Å². The average molecular weight is 597 g/mol. The lowest BCUT2D eigenvalue weighted by atomic mass is 10.2. The fraction of sp³-hybridized carbons (Fsp3) is 0.143. The molecule has 0 saturated carbocycles. The van der Waals surface area contributed by atoms with Gasteiger partial charge in [0.05, 0.1) is 22.9 Å². The van der Waals surface area contributed by atoms with Gasteiger partial charge in [-0.3, -0.25) is 19.5 Å². The summed E-state index contributed by atoms with van der Waals surface area (Å²) in [6.45, 7) is 1.74. The molecule has 9 nitrogen and oxygen atoms in total. The Bertz CT molecular complexity index is 1360. The van der Waals surface area contributed by atoms with E-state index in [9.17, 15) is 14.0 Å². The molecule has 2 heterocycles. The third-order valence-electron chi connectivity index (χ3n) is 4.49. The van der Waals surface area contributed by atoms with E-state index in [0.29, 0.717) is 21.8 Å². The lowest BCUT2D eigenvalue weighted by Gasteiger charge is -2.12. The van der Waals surface area contributed by atoms with Crippen LogP contribution in [0.1, 0.15) is 21.2 Å². The number of halogens is 3. The third kappa shape index (κ3) is 6.23. The van der Waals surface area contributed by atoms with E-state index in [1.807, 2.05) is 24.3 Å². The van der Waals surface area contributed by atoms with Crippen LogP contribution in [0.2, 0.25) is 5.02 Å². The summed E-state index contributed by atoms with van der Waals surface area (Å²) in [6, 6.07) is 11.4. The molecule has 0 spiro atoms. The van der Waals surface area contributed by atoms with Crippen LogP contribution in [-0.4, -0.2) is 42.5 Å². The summed E-state index contributed by atoms with van der Waals surface area (Å²) >= 11 is 11.8. The maximum absolute atomic E-state index is 14.1. The fourth-order valence-electron chi connectivity index (χ4n) is 2.95. The van der Waals surface area contributed by atoms with Crippen LogP contribution >= 0.6 is 50.6 Å². The smallest absolute Gasteiger partial charge is 0.256 e. The van der Waals surface area contributed by atoms with Crippen LogP contribution < -0.4 is 10.6 Å². The van der Waals surface area contributed by atoms with Gasteiger partial charge in [-0.2, -0.15) is 0 Å². The van der Waals surface area contributed by atoms with Gasteiger partial charge in [0.1, 0.15) is 10.8 Å². The van der Waals surface area contributed by atoms with Crippen LogP contribution in [0.4, 0.5) is 9.52 Å². The topological polar surface area (TPSA) is 115 Å². The molecular weight excluding hydrogens is 581 g/mol. The number of nitrogens with zero attached hydrogens (tertiary/aromatic N) is 5. The highest BCUT2D eigenvalue weighted by molar-refractivity contribution is 9.10. The van der Waals surface area contributed by atoms with Crippen LogP contribution in [0, 0.1) is 12.7 Å². The second kappa shape index (κ2) is 11.2. The molecule has 4 rings (SSSR count). The molecule has 2 amide bonds. The molecule has 180 valence electrons. The van der Waals surface area contributed by atoms with Crippen molar-refractivity contribution in [2.75, 3.05) is 11.1 Å². The normalized spacial score (nSPS) is 10.9. The molecule has 35 heavy (non-hydrogen) atoms. The molecule has 0 aliphatic heterocycles. The van der Waals surface area contributed by atoms with Crippen LogP contribution in [0.25, 0.3) is 5.69 Å². The van der Waals surface area contributed by atoms with E-state index in [2.05, 4.69) is 47.0 Å². The number of aromatic nitrogens is 5. The SMILES string of the molecule is Cc1nnc(NC(=O)CSc2nnc(CNC(=O)c3c(F)cccc3Cl)n2-c2ccc(Br)cc2)s1. The van der Waals surface area contributed by atoms with Crippen LogP contribution in [0.5, 0.6) is 0 Å². The molecule has 0 radical (unpaired) electrons. The predicted molar refractivity (Wildman–Crippen MR) is 136 cm³/mol. The van der Waals surface area contributed by atoms with Crippen molar-refractivity contribution in [1.29, 1.82) is 0 Å². The van der Waals surface area contributed by atoms with Crippen molar-refractivity contribution in [3.05, 3.63) is 74.2 Å². The van der Waals surface area contributed by atoms with Gasteiger partial charge in [-0.25, -0.2) is 4.39 Å². The highest BCUT2D eigenvalue weighted by Gasteiger charge is 2.20. The quantitative estimate of drug-likeness (QED) is 0.285. The molecule has 2 aromatic carbocycles. The summed E-state index contributed by atoms with van der Waals surface area (Å²) < 4.78 is 16.7. The minimum absolute atomic E-state index is 0.00441. The Morgan fingerprint density at radius 1 is 1.14 bits per heavy atom. The fourth-order valence-corrected chi connectivity index (χ4v) is 4.84. The molecule has 0 aliphatic rings. The summed E-state index contributed by atoms with van der Waals surface area (Å²) in [7, 11) is 0. The molecule has 0 atom stereocenters. The Labute approximate surface area is 220 Å². The van der Waals surface area contributed by atoms with E-state index < -0.39 is 11.7 Å². The zero-order chi connectivity index (χ0) is 24.9. The summed E-state index contributed by atoms with van der Waals surface area (Å²) in [5.41, 5.74) is 0.469. The molecule has 2 N–H and O–H groups in total. The molecule has 0 unspecified atom stereocenters. The summed E-state index contributed by atoms with van der Waals surface area (Å²) in [5.74, 6) is -1.25. The first-order valence-corrected chi connectivity index (χ1v) is 12.9. The molecule has 0 bridgehead atoms.